The molecule has 0 unspecified atom stereocenters. The third kappa shape index (κ3) is 4.47. The van der Waals surface area contributed by atoms with E-state index in [1.165, 1.54) is 5.56 Å². The molecule has 0 saturated heterocycles. The van der Waals surface area contributed by atoms with Crippen LogP contribution < -0.4 is 0 Å². The van der Waals surface area contributed by atoms with Crippen LogP contribution in [0.1, 0.15) is 11.3 Å². The largest absolute Gasteiger partial charge is 0.228 e. The van der Waals surface area contributed by atoms with Crippen molar-refractivity contribution in [2.45, 2.75) is 17.8 Å². The molecule has 0 amide bonds. The van der Waals surface area contributed by atoms with Gasteiger partial charge in [0.1, 0.15) is 0 Å². The molecule has 0 aliphatic rings. The van der Waals surface area contributed by atoms with Gasteiger partial charge in [-0.3, -0.25) is 0 Å². The minimum absolute atomic E-state index is 0.719. The lowest BCUT2D eigenvalue weighted by Crippen LogP contribution is -1.94. The van der Waals surface area contributed by atoms with Crippen LogP contribution in [0, 0.1) is 6.92 Å². The first kappa shape index (κ1) is 16.3. The summed E-state index contributed by atoms with van der Waals surface area (Å²) in [6, 6.07) is 17.5. The molecule has 1 aromatic heterocycles. The SMILES string of the molecule is Cc1cc(-c2ccc(Cl)cc2)nc(SCc2ccc(Cl)cc2)n1. The maximum Gasteiger partial charge on any atom is 0.188 e. The molecule has 0 fully saturated rings. The first-order valence-electron chi connectivity index (χ1n) is 7.09. The molecule has 3 rings (SSSR count). The molecule has 2 aromatic carbocycles. The van der Waals surface area contributed by atoms with Crippen molar-refractivity contribution < 1.29 is 0 Å². The topological polar surface area (TPSA) is 25.8 Å². The van der Waals surface area contributed by atoms with E-state index in [1.807, 2.05) is 61.5 Å². The number of aromatic nitrogens is 2. The van der Waals surface area contributed by atoms with E-state index in [2.05, 4.69) is 9.97 Å². The Balaban J connectivity index is 1.80. The number of rotatable bonds is 4. The quantitative estimate of drug-likeness (QED) is 0.418. The lowest BCUT2D eigenvalue weighted by atomic mass is 10.1. The maximum absolute atomic E-state index is 5.94. The number of halogens is 2. The summed E-state index contributed by atoms with van der Waals surface area (Å²) < 4.78 is 0. The van der Waals surface area contributed by atoms with Gasteiger partial charge in [0, 0.05) is 27.1 Å². The standard InChI is InChI=1S/C18H14Cl2N2S/c1-12-10-17(14-4-8-16(20)9-5-14)22-18(21-12)23-11-13-2-6-15(19)7-3-13/h2-10H,11H2,1H3. The Labute approximate surface area is 149 Å². The number of benzene rings is 2. The summed E-state index contributed by atoms with van der Waals surface area (Å²) in [5.41, 5.74) is 4.09. The fourth-order valence-electron chi connectivity index (χ4n) is 2.10. The molecule has 0 atom stereocenters. The van der Waals surface area contributed by atoms with Crippen LogP contribution in [0.2, 0.25) is 10.0 Å². The molecule has 1 heterocycles. The monoisotopic (exact) mass is 360 g/mol. The van der Waals surface area contributed by atoms with E-state index in [-0.39, 0.29) is 0 Å². The molecule has 0 aliphatic carbocycles. The van der Waals surface area contributed by atoms with E-state index in [1.54, 1.807) is 11.8 Å². The first-order valence-corrected chi connectivity index (χ1v) is 8.83. The van der Waals surface area contributed by atoms with Gasteiger partial charge in [-0.15, -0.1) is 0 Å². The number of aryl methyl sites for hydroxylation is 1. The van der Waals surface area contributed by atoms with Crippen molar-refractivity contribution in [3.8, 4) is 11.3 Å². The van der Waals surface area contributed by atoms with Crippen LogP contribution in [-0.2, 0) is 5.75 Å². The Morgan fingerprint density at radius 1 is 0.870 bits per heavy atom. The Hall–Kier alpha value is -1.55. The molecular formula is C18H14Cl2N2S. The van der Waals surface area contributed by atoms with Crippen LogP contribution in [-0.4, -0.2) is 9.97 Å². The number of thioether (sulfide) groups is 1. The first-order chi connectivity index (χ1) is 11.1. The summed E-state index contributed by atoms with van der Waals surface area (Å²) in [5.74, 6) is 0.806. The zero-order valence-electron chi connectivity index (χ0n) is 12.5. The molecule has 0 N–H and O–H groups in total. The molecule has 0 saturated carbocycles. The molecule has 0 bridgehead atoms. The van der Waals surface area contributed by atoms with Gasteiger partial charge in [-0.05, 0) is 42.8 Å². The second kappa shape index (κ2) is 7.35. The van der Waals surface area contributed by atoms with Gasteiger partial charge in [-0.2, -0.15) is 0 Å². The van der Waals surface area contributed by atoms with Crippen LogP contribution in [0.4, 0.5) is 0 Å². The summed E-state index contributed by atoms with van der Waals surface area (Å²) >= 11 is 13.5. The summed E-state index contributed by atoms with van der Waals surface area (Å²) in [7, 11) is 0. The highest BCUT2D eigenvalue weighted by Gasteiger charge is 2.06. The molecule has 3 aromatic rings. The van der Waals surface area contributed by atoms with Crippen LogP contribution in [0.5, 0.6) is 0 Å². The highest BCUT2D eigenvalue weighted by atomic mass is 35.5. The van der Waals surface area contributed by atoms with Gasteiger partial charge < -0.3 is 0 Å². The minimum Gasteiger partial charge on any atom is -0.228 e. The van der Waals surface area contributed by atoms with Gasteiger partial charge in [0.2, 0.25) is 0 Å². The molecule has 0 aliphatic heterocycles. The van der Waals surface area contributed by atoms with E-state index in [9.17, 15) is 0 Å². The molecule has 0 radical (unpaired) electrons. The van der Waals surface area contributed by atoms with Gasteiger partial charge >= 0.3 is 0 Å². The minimum atomic E-state index is 0.719. The summed E-state index contributed by atoms with van der Waals surface area (Å²) in [6.45, 7) is 1.98. The summed E-state index contributed by atoms with van der Waals surface area (Å²) in [5, 5.41) is 2.23. The number of hydrogen-bond donors (Lipinski definition) is 0. The fraction of sp³-hybridized carbons (Fsp3) is 0.111. The second-order valence-electron chi connectivity index (χ2n) is 5.10. The van der Waals surface area contributed by atoms with Gasteiger partial charge in [0.15, 0.2) is 5.16 Å². The van der Waals surface area contributed by atoms with E-state index < -0.39 is 0 Å². The molecule has 2 nitrogen and oxygen atoms in total. The fourth-order valence-corrected chi connectivity index (χ4v) is 3.21. The van der Waals surface area contributed by atoms with Crippen molar-refractivity contribution in [3.63, 3.8) is 0 Å². The molecule has 5 heteroatoms. The number of hydrogen-bond acceptors (Lipinski definition) is 3. The third-order valence-corrected chi connectivity index (χ3v) is 4.68. The van der Waals surface area contributed by atoms with E-state index >= 15 is 0 Å². The Kier molecular flexibility index (Phi) is 5.21. The molecule has 23 heavy (non-hydrogen) atoms. The van der Waals surface area contributed by atoms with Crippen LogP contribution >= 0.6 is 35.0 Å². The Bertz CT molecular complexity index is 802. The number of nitrogens with zero attached hydrogens (tertiary/aromatic N) is 2. The van der Waals surface area contributed by atoms with Crippen LogP contribution in [0.25, 0.3) is 11.3 Å². The molecular weight excluding hydrogens is 347 g/mol. The van der Waals surface area contributed by atoms with Crippen molar-refractivity contribution in [1.82, 2.24) is 9.97 Å². The Morgan fingerprint density at radius 3 is 2.13 bits per heavy atom. The zero-order valence-corrected chi connectivity index (χ0v) is 14.8. The third-order valence-electron chi connectivity index (χ3n) is 3.25. The van der Waals surface area contributed by atoms with Gasteiger partial charge in [0.25, 0.3) is 0 Å². The lowest BCUT2D eigenvalue weighted by molar-refractivity contribution is 0.937. The summed E-state index contributed by atoms with van der Waals surface area (Å²) in [6.07, 6.45) is 0. The molecule has 116 valence electrons. The van der Waals surface area contributed by atoms with Crippen molar-refractivity contribution in [2.24, 2.45) is 0 Å². The van der Waals surface area contributed by atoms with Gasteiger partial charge in [0.05, 0.1) is 5.69 Å². The van der Waals surface area contributed by atoms with Crippen molar-refractivity contribution in [2.75, 3.05) is 0 Å². The van der Waals surface area contributed by atoms with E-state index in [4.69, 9.17) is 23.2 Å². The highest BCUT2D eigenvalue weighted by Crippen LogP contribution is 2.25. The molecule has 0 spiro atoms. The van der Waals surface area contributed by atoms with E-state index in [0.29, 0.717) is 0 Å². The van der Waals surface area contributed by atoms with Gasteiger partial charge in [-0.25, -0.2) is 9.97 Å². The highest BCUT2D eigenvalue weighted by molar-refractivity contribution is 7.98. The lowest BCUT2D eigenvalue weighted by Gasteiger charge is -2.06. The predicted octanol–water partition coefficient (Wildman–Crippen LogP) is 6.05. The van der Waals surface area contributed by atoms with Crippen molar-refractivity contribution in [3.05, 3.63) is 75.9 Å². The van der Waals surface area contributed by atoms with Crippen LogP contribution in [0.3, 0.4) is 0 Å². The van der Waals surface area contributed by atoms with Gasteiger partial charge in [-0.1, -0.05) is 59.2 Å². The normalized spacial score (nSPS) is 10.7. The smallest absolute Gasteiger partial charge is 0.188 e. The van der Waals surface area contributed by atoms with Crippen molar-refractivity contribution >= 4 is 35.0 Å². The van der Waals surface area contributed by atoms with E-state index in [0.717, 1.165) is 37.9 Å². The Morgan fingerprint density at radius 2 is 1.48 bits per heavy atom. The maximum atomic E-state index is 5.94. The average Bonchev–Trinajstić information content (AvgIpc) is 2.54. The summed E-state index contributed by atoms with van der Waals surface area (Å²) in [4.78, 5) is 9.16. The zero-order chi connectivity index (χ0) is 16.2. The van der Waals surface area contributed by atoms with Crippen LogP contribution in [0.15, 0.2) is 59.8 Å². The average molecular weight is 361 g/mol. The second-order valence-corrected chi connectivity index (χ2v) is 6.91. The predicted molar refractivity (Wildman–Crippen MR) is 98.2 cm³/mol. The van der Waals surface area contributed by atoms with Crippen molar-refractivity contribution in [1.29, 1.82) is 0 Å².